The standard InChI is InChI=1S/C17H19N5O2/c1-3-12-6-14-19-15-13(16(23)22(14)20-12)9-21(17(15)24)8-11-5-4-10(2)18-7-11/h4-7,12,19-20H,3,8-9H2,1-2H3/i/hD. The highest BCUT2D eigenvalue weighted by atomic mass is 16.2. The number of nitrogens with one attached hydrogen (secondary N) is 2. The molecular formula is C17H19N5O2. The summed E-state index contributed by atoms with van der Waals surface area (Å²) in [7, 11) is 0. The Morgan fingerprint density at radius 2 is 2.21 bits per heavy atom. The topological polar surface area (TPSA) is 77.6 Å². The van der Waals surface area contributed by atoms with E-state index in [-0.39, 0.29) is 24.4 Å². The number of pyridine rings is 1. The molecule has 0 radical (unpaired) electrons. The number of aromatic nitrogens is 1. The number of aryl methyl sites for hydroxylation is 1. The normalized spacial score (nSPS) is 24.0. The summed E-state index contributed by atoms with van der Waals surface area (Å²) in [6.07, 6.45) is 4.27. The van der Waals surface area contributed by atoms with Crippen LogP contribution in [0.4, 0.5) is 0 Å². The van der Waals surface area contributed by atoms with Crippen molar-refractivity contribution in [1.82, 2.24) is 25.6 Å². The average Bonchev–Trinajstić information content (AvgIpc) is 3.09. The quantitative estimate of drug-likeness (QED) is 0.848. The van der Waals surface area contributed by atoms with Crippen LogP contribution in [0.2, 0.25) is 1.41 Å². The Morgan fingerprint density at radius 1 is 1.38 bits per heavy atom. The summed E-state index contributed by atoms with van der Waals surface area (Å²) in [4.78, 5) is 31.4. The molecule has 2 amide bonds. The van der Waals surface area contributed by atoms with E-state index in [0.29, 0.717) is 30.1 Å². The van der Waals surface area contributed by atoms with Crippen LogP contribution in [0, 0.1) is 6.92 Å². The van der Waals surface area contributed by atoms with Crippen LogP contribution < -0.4 is 10.7 Å². The van der Waals surface area contributed by atoms with Gasteiger partial charge in [-0.2, -0.15) is 0 Å². The molecule has 0 saturated carbocycles. The third-order valence-corrected chi connectivity index (χ3v) is 4.46. The van der Waals surface area contributed by atoms with E-state index in [0.717, 1.165) is 11.3 Å². The molecule has 1 aromatic heterocycles. The van der Waals surface area contributed by atoms with Gasteiger partial charge in [-0.15, -0.1) is 0 Å². The summed E-state index contributed by atoms with van der Waals surface area (Å²) in [5.41, 5.74) is 3.75. The second-order valence-corrected chi connectivity index (χ2v) is 6.21. The summed E-state index contributed by atoms with van der Waals surface area (Å²) < 4.78 is 8.11. The van der Waals surface area contributed by atoms with Crippen molar-refractivity contribution < 1.29 is 11.0 Å². The minimum Gasteiger partial charge on any atom is -0.336 e. The minimum atomic E-state index is -0.302. The predicted octanol–water partition coefficient (Wildman–Crippen LogP) is 0.556. The summed E-state index contributed by atoms with van der Waals surface area (Å²) in [6, 6.07) is 3.66. The Kier molecular flexibility index (Phi) is 3.12. The van der Waals surface area contributed by atoms with Crippen molar-refractivity contribution >= 4 is 11.8 Å². The van der Waals surface area contributed by atoms with Crippen LogP contribution in [0.1, 0.15) is 24.6 Å². The molecule has 1 unspecified atom stereocenters. The smallest absolute Gasteiger partial charge is 0.274 e. The number of hydrogen-bond donors (Lipinski definition) is 2. The number of nitrogens with zero attached hydrogens (tertiary/aromatic N) is 3. The molecule has 24 heavy (non-hydrogen) atoms. The van der Waals surface area contributed by atoms with Gasteiger partial charge in [-0.3, -0.25) is 14.6 Å². The maximum absolute atomic E-state index is 12.8. The Morgan fingerprint density at radius 3 is 2.92 bits per heavy atom. The Hall–Kier alpha value is -2.67. The molecule has 2 N–H and O–H groups in total. The molecule has 1 atom stereocenters. The molecule has 0 bridgehead atoms. The Labute approximate surface area is 141 Å². The van der Waals surface area contributed by atoms with Gasteiger partial charge in [0.2, 0.25) is 0 Å². The highest BCUT2D eigenvalue weighted by Gasteiger charge is 2.43. The van der Waals surface area contributed by atoms with Gasteiger partial charge in [-0.05, 0) is 31.1 Å². The van der Waals surface area contributed by atoms with Gasteiger partial charge in [-0.1, -0.05) is 13.0 Å². The fourth-order valence-corrected chi connectivity index (χ4v) is 3.08. The first-order valence-electron chi connectivity index (χ1n) is 8.49. The van der Waals surface area contributed by atoms with Crippen molar-refractivity contribution in [2.24, 2.45) is 0 Å². The lowest BCUT2D eigenvalue weighted by Gasteiger charge is -2.26. The van der Waals surface area contributed by atoms with Crippen LogP contribution in [0.3, 0.4) is 0 Å². The summed E-state index contributed by atoms with van der Waals surface area (Å²) in [6.45, 7) is 4.50. The lowest BCUT2D eigenvalue weighted by Crippen LogP contribution is -2.48. The molecule has 0 aliphatic carbocycles. The first kappa shape index (κ1) is 13.7. The summed E-state index contributed by atoms with van der Waals surface area (Å²) >= 11 is 0. The molecular weight excluding hydrogens is 306 g/mol. The van der Waals surface area contributed by atoms with Crippen LogP contribution in [0.5, 0.6) is 0 Å². The molecule has 7 nitrogen and oxygen atoms in total. The third-order valence-electron chi connectivity index (χ3n) is 4.46. The van der Waals surface area contributed by atoms with Crippen LogP contribution in [-0.2, 0) is 16.1 Å². The number of carbonyl (C=O) groups is 2. The van der Waals surface area contributed by atoms with Crippen molar-refractivity contribution in [2.75, 3.05) is 6.54 Å². The van der Waals surface area contributed by atoms with Gasteiger partial charge in [0.05, 0.1) is 12.1 Å². The number of carbonyl (C=O) groups excluding carboxylic acids is 2. The fourth-order valence-electron chi connectivity index (χ4n) is 3.08. The molecule has 4 heterocycles. The zero-order valence-corrected chi connectivity index (χ0v) is 13.6. The van der Waals surface area contributed by atoms with E-state index < -0.39 is 0 Å². The maximum Gasteiger partial charge on any atom is 0.274 e. The number of fused-ring (bicyclic) bond motifs is 1. The van der Waals surface area contributed by atoms with Gasteiger partial charge in [-0.25, -0.2) is 10.4 Å². The highest BCUT2D eigenvalue weighted by molar-refractivity contribution is 6.10. The molecule has 0 aromatic carbocycles. The lowest BCUT2D eigenvalue weighted by molar-refractivity contribution is -0.129. The van der Waals surface area contributed by atoms with Crippen LogP contribution >= 0.6 is 0 Å². The lowest BCUT2D eigenvalue weighted by atomic mass is 10.2. The summed E-state index contributed by atoms with van der Waals surface area (Å²) in [5, 5.41) is 4.36. The van der Waals surface area contributed by atoms with Crippen LogP contribution in [0.15, 0.2) is 41.5 Å². The van der Waals surface area contributed by atoms with Crippen molar-refractivity contribution in [3.05, 3.63) is 52.8 Å². The molecule has 3 aliphatic rings. The van der Waals surface area contributed by atoms with E-state index in [1.165, 1.54) is 10.4 Å². The van der Waals surface area contributed by atoms with Crippen molar-refractivity contribution in [2.45, 2.75) is 32.9 Å². The zero-order chi connectivity index (χ0) is 17.7. The Balaban J connectivity index is 1.57. The SMILES string of the molecule is [2H]N1C(CC)C=C2NC3=C(CN(Cc4ccc(C)nc4)C3=O)C(=O)N21. The highest BCUT2D eigenvalue weighted by Crippen LogP contribution is 2.29. The van der Waals surface area contributed by atoms with Crippen LogP contribution in [-0.4, -0.2) is 39.3 Å². The van der Waals surface area contributed by atoms with Crippen molar-refractivity contribution in [3.8, 4) is 0 Å². The number of hydrazine groups is 1. The average molecular weight is 326 g/mol. The zero-order valence-electron chi connectivity index (χ0n) is 14.6. The predicted molar refractivity (Wildman–Crippen MR) is 86.7 cm³/mol. The number of rotatable bonds is 3. The minimum absolute atomic E-state index is 0.170. The van der Waals surface area contributed by atoms with E-state index in [9.17, 15) is 9.59 Å². The first-order chi connectivity index (χ1) is 12.0. The fraction of sp³-hybridized carbons (Fsp3) is 0.353. The molecule has 0 saturated heterocycles. The van der Waals surface area contributed by atoms with Crippen molar-refractivity contribution in [3.63, 3.8) is 0 Å². The van der Waals surface area contributed by atoms with Gasteiger partial charge >= 0.3 is 0 Å². The molecule has 0 fully saturated rings. The van der Waals surface area contributed by atoms with Crippen molar-refractivity contribution in [1.29, 1.82) is 0 Å². The van der Waals surface area contributed by atoms with E-state index in [1.807, 2.05) is 32.1 Å². The van der Waals surface area contributed by atoms with Gasteiger partial charge < -0.3 is 10.2 Å². The molecule has 7 heteroatoms. The largest absolute Gasteiger partial charge is 0.336 e. The molecule has 3 aliphatic heterocycles. The molecule has 1 aromatic rings. The molecule has 0 spiro atoms. The van der Waals surface area contributed by atoms with Gasteiger partial charge in [0.25, 0.3) is 11.8 Å². The maximum atomic E-state index is 12.8. The number of amides is 2. The van der Waals surface area contributed by atoms with E-state index in [2.05, 4.69) is 10.3 Å². The van der Waals surface area contributed by atoms with E-state index in [4.69, 9.17) is 1.41 Å². The monoisotopic (exact) mass is 326 g/mol. The van der Waals surface area contributed by atoms with E-state index >= 15 is 0 Å². The summed E-state index contributed by atoms with van der Waals surface area (Å²) in [5.74, 6) is 0.00240. The molecule has 4 rings (SSSR count). The van der Waals surface area contributed by atoms with Gasteiger partial charge in [0.1, 0.15) is 12.9 Å². The van der Waals surface area contributed by atoms with E-state index in [1.54, 1.807) is 11.1 Å². The van der Waals surface area contributed by atoms with Gasteiger partial charge in [0.15, 0.2) is 0 Å². The second-order valence-electron chi connectivity index (χ2n) is 6.21. The third kappa shape index (κ3) is 2.28. The second kappa shape index (κ2) is 5.45. The Bertz CT molecular complexity index is 817. The van der Waals surface area contributed by atoms with Crippen LogP contribution in [0.25, 0.3) is 0 Å². The van der Waals surface area contributed by atoms with Gasteiger partial charge in [0, 0.05) is 24.5 Å². The first-order valence-corrected chi connectivity index (χ1v) is 8.05. The molecule has 124 valence electrons. The number of hydrogen-bond acceptors (Lipinski definition) is 5.